The van der Waals surface area contributed by atoms with Gasteiger partial charge in [0.05, 0.1) is 5.56 Å². The van der Waals surface area contributed by atoms with E-state index in [0.29, 0.717) is 11.5 Å². The van der Waals surface area contributed by atoms with Crippen molar-refractivity contribution in [2.75, 3.05) is 13.1 Å². The summed E-state index contributed by atoms with van der Waals surface area (Å²) >= 11 is 3.25. The monoisotopic (exact) mass is 268 g/mol. The van der Waals surface area contributed by atoms with Crippen LogP contribution in [0.2, 0.25) is 0 Å². The summed E-state index contributed by atoms with van der Waals surface area (Å²) in [5.41, 5.74) is 0.673. The summed E-state index contributed by atoms with van der Waals surface area (Å²) in [5.74, 6) is 0.719. The molecule has 0 aromatic carbocycles. The number of pyridine rings is 1. The van der Waals surface area contributed by atoms with Crippen molar-refractivity contribution in [1.29, 1.82) is 0 Å². The first-order chi connectivity index (χ1) is 7.16. The summed E-state index contributed by atoms with van der Waals surface area (Å²) in [5, 5.41) is 0. The zero-order valence-electron chi connectivity index (χ0n) is 8.61. The first kappa shape index (κ1) is 10.6. The van der Waals surface area contributed by atoms with Crippen molar-refractivity contribution in [3.05, 3.63) is 28.5 Å². The summed E-state index contributed by atoms with van der Waals surface area (Å²) in [6, 6.07) is 3.61. The summed E-state index contributed by atoms with van der Waals surface area (Å²) < 4.78 is 0.758. The molecule has 1 unspecified atom stereocenters. The van der Waals surface area contributed by atoms with Gasteiger partial charge >= 0.3 is 0 Å². The van der Waals surface area contributed by atoms with E-state index in [1.54, 1.807) is 12.3 Å². The fourth-order valence-corrected chi connectivity index (χ4v) is 2.04. The molecular weight excluding hydrogens is 256 g/mol. The zero-order chi connectivity index (χ0) is 10.8. The van der Waals surface area contributed by atoms with E-state index in [2.05, 4.69) is 27.8 Å². The topological polar surface area (TPSA) is 33.2 Å². The van der Waals surface area contributed by atoms with Gasteiger partial charge in [-0.1, -0.05) is 6.92 Å². The summed E-state index contributed by atoms with van der Waals surface area (Å²) in [6.45, 7) is 3.91. The highest BCUT2D eigenvalue weighted by atomic mass is 79.9. The lowest BCUT2D eigenvalue weighted by Crippen LogP contribution is -2.28. The number of amides is 1. The van der Waals surface area contributed by atoms with E-state index in [-0.39, 0.29) is 5.91 Å². The molecule has 1 saturated heterocycles. The molecule has 1 amide bonds. The second-order valence-electron chi connectivity index (χ2n) is 4.01. The lowest BCUT2D eigenvalue weighted by Gasteiger charge is -2.15. The second kappa shape index (κ2) is 4.31. The van der Waals surface area contributed by atoms with Gasteiger partial charge in [-0.15, -0.1) is 0 Å². The summed E-state index contributed by atoms with van der Waals surface area (Å²) in [7, 11) is 0. The molecule has 1 fully saturated rings. The fourth-order valence-electron chi connectivity index (χ4n) is 1.80. The Morgan fingerprint density at radius 3 is 2.93 bits per heavy atom. The molecule has 1 aliphatic heterocycles. The Kier molecular flexibility index (Phi) is 3.05. The molecule has 3 nitrogen and oxygen atoms in total. The van der Waals surface area contributed by atoms with E-state index in [4.69, 9.17) is 0 Å². The van der Waals surface area contributed by atoms with Crippen molar-refractivity contribution in [2.45, 2.75) is 13.3 Å². The van der Waals surface area contributed by atoms with E-state index < -0.39 is 0 Å². The van der Waals surface area contributed by atoms with Crippen molar-refractivity contribution >= 4 is 21.8 Å². The average Bonchev–Trinajstić information content (AvgIpc) is 2.65. The number of rotatable bonds is 1. The van der Waals surface area contributed by atoms with Gasteiger partial charge in [0.15, 0.2) is 0 Å². The van der Waals surface area contributed by atoms with Crippen LogP contribution in [0.5, 0.6) is 0 Å². The molecule has 1 aliphatic rings. The zero-order valence-corrected chi connectivity index (χ0v) is 10.2. The van der Waals surface area contributed by atoms with Gasteiger partial charge in [0.2, 0.25) is 0 Å². The smallest absolute Gasteiger partial charge is 0.255 e. The lowest BCUT2D eigenvalue weighted by molar-refractivity contribution is 0.0787. The number of likely N-dealkylation sites (tertiary alicyclic amines) is 1. The number of carbonyl (C=O) groups is 1. The van der Waals surface area contributed by atoms with Gasteiger partial charge in [0.1, 0.15) is 4.60 Å². The maximum atomic E-state index is 12.0. The number of nitrogens with zero attached hydrogens (tertiary/aromatic N) is 2. The van der Waals surface area contributed by atoms with E-state index in [9.17, 15) is 4.79 Å². The maximum Gasteiger partial charge on any atom is 0.255 e. The molecule has 2 heterocycles. The molecule has 0 aliphatic carbocycles. The minimum Gasteiger partial charge on any atom is -0.338 e. The SMILES string of the molecule is CC1CCN(C(=O)c2ccc(Br)nc2)C1. The van der Waals surface area contributed by atoms with Gasteiger partial charge in [-0.25, -0.2) is 4.98 Å². The molecule has 1 atom stereocenters. The first-order valence-corrected chi connectivity index (χ1v) is 5.87. The van der Waals surface area contributed by atoms with Gasteiger partial charge in [-0.2, -0.15) is 0 Å². The minimum atomic E-state index is 0.0966. The molecule has 4 heteroatoms. The fraction of sp³-hybridized carbons (Fsp3) is 0.455. The first-order valence-electron chi connectivity index (χ1n) is 5.07. The molecule has 80 valence electrons. The molecule has 0 radical (unpaired) electrons. The normalized spacial score (nSPS) is 20.7. The van der Waals surface area contributed by atoms with E-state index in [1.807, 2.05) is 11.0 Å². The molecule has 0 N–H and O–H groups in total. The van der Waals surface area contributed by atoms with Crippen molar-refractivity contribution in [3.63, 3.8) is 0 Å². The largest absolute Gasteiger partial charge is 0.338 e. The number of carbonyl (C=O) groups excluding carboxylic acids is 1. The Bertz CT molecular complexity index is 363. The molecule has 0 bridgehead atoms. The highest BCUT2D eigenvalue weighted by molar-refractivity contribution is 9.10. The number of hydrogen-bond donors (Lipinski definition) is 0. The standard InChI is InChI=1S/C11H13BrN2O/c1-8-4-5-14(7-8)11(15)9-2-3-10(12)13-6-9/h2-3,6,8H,4-5,7H2,1H3. The molecule has 2 rings (SSSR count). The van der Waals surface area contributed by atoms with Gasteiger partial charge in [0, 0.05) is 19.3 Å². The quantitative estimate of drug-likeness (QED) is 0.733. The Morgan fingerprint density at radius 1 is 1.60 bits per heavy atom. The minimum absolute atomic E-state index is 0.0966. The van der Waals surface area contributed by atoms with Crippen molar-refractivity contribution < 1.29 is 4.79 Å². The lowest BCUT2D eigenvalue weighted by atomic mass is 10.2. The van der Waals surface area contributed by atoms with E-state index in [1.165, 1.54) is 0 Å². The van der Waals surface area contributed by atoms with Crippen LogP contribution in [-0.2, 0) is 0 Å². The van der Waals surface area contributed by atoms with Crippen LogP contribution in [0.15, 0.2) is 22.9 Å². The van der Waals surface area contributed by atoms with Crippen LogP contribution in [0, 0.1) is 5.92 Å². The predicted molar refractivity (Wildman–Crippen MR) is 61.6 cm³/mol. The highest BCUT2D eigenvalue weighted by Crippen LogP contribution is 2.18. The average molecular weight is 269 g/mol. The van der Waals surface area contributed by atoms with Crippen LogP contribution in [-0.4, -0.2) is 28.9 Å². The molecule has 1 aromatic rings. The van der Waals surface area contributed by atoms with Gasteiger partial charge in [0.25, 0.3) is 5.91 Å². The van der Waals surface area contributed by atoms with Crippen molar-refractivity contribution in [2.24, 2.45) is 5.92 Å². The molecule has 1 aromatic heterocycles. The predicted octanol–water partition coefficient (Wildman–Crippen LogP) is 2.33. The van der Waals surface area contributed by atoms with E-state index in [0.717, 1.165) is 24.1 Å². The van der Waals surface area contributed by atoms with Gasteiger partial charge < -0.3 is 4.90 Å². The Labute approximate surface area is 97.6 Å². The van der Waals surface area contributed by atoms with Crippen LogP contribution in [0.4, 0.5) is 0 Å². The Balaban J connectivity index is 2.11. The van der Waals surface area contributed by atoms with Crippen LogP contribution in [0.25, 0.3) is 0 Å². The van der Waals surface area contributed by atoms with Crippen LogP contribution in [0.1, 0.15) is 23.7 Å². The Morgan fingerprint density at radius 2 is 2.40 bits per heavy atom. The van der Waals surface area contributed by atoms with Crippen LogP contribution >= 0.6 is 15.9 Å². The number of aromatic nitrogens is 1. The van der Waals surface area contributed by atoms with E-state index >= 15 is 0 Å². The summed E-state index contributed by atoms with van der Waals surface area (Å²) in [6.07, 6.45) is 2.73. The third-order valence-electron chi connectivity index (χ3n) is 2.69. The molecular formula is C11H13BrN2O. The second-order valence-corrected chi connectivity index (χ2v) is 4.83. The van der Waals surface area contributed by atoms with Crippen molar-refractivity contribution in [1.82, 2.24) is 9.88 Å². The third-order valence-corrected chi connectivity index (χ3v) is 3.15. The van der Waals surface area contributed by atoms with Gasteiger partial charge in [-0.05, 0) is 40.4 Å². The maximum absolute atomic E-state index is 12.0. The number of halogens is 1. The van der Waals surface area contributed by atoms with Crippen molar-refractivity contribution in [3.8, 4) is 0 Å². The molecule has 0 saturated carbocycles. The van der Waals surface area contributed by atoms with Crippen LogP contribution < -0.4 is 0 Å². The highest BCUT2D eigenvalue weighted by Gasteiger charge is 2.24. The molecule has 0 spiro atoms. The van der Waals surface area contributed by atoms with Gasteiger partial charge in [-0.3, -0.25) is 4.79 Å². The molecule has 15 heavy (non-hydrogen) atoms. The van der Waals surface area contributed by atoms with Crippen LogP contribution in [0.3, 0.4) is 0 Å². The summed E-state index contributed by atoms with van der Waals surface area (Å²) in [4.78, 5) is 17.9. The third kappa shape index (κ3) is 2.37. The number of hydrogen-bond acceptors (Lipinski definition) is 2. The Hall–Kier alpha value is -0.900.